The van der Waals surface area contributed by atoms with Crippen LogP contribution in [0.4, 0.5) is 5.95 Å². The van der Waals surface area contributed by atoms with Gasteiger partial charge in [0.1, 0.15) is 0 Å². The summed E-state index contributed by atoms with van der Waals surface area (Å²) in [7, 11) is 1.87. The van der Waals surface area contributed by atoms with Crippen molar-refractivity contribution in [1.82, 2.24) is 19.8 Å². The molecule has 8 heteroatoms. The van der Waals surface area contributed by atoms with Crippen molar-refractivity contribution < 1.29 is 14.4 Å². The van der Waals surface area contributed by atoms with Gasteiger partial charge in [-0.2, -0.15) is 0 Å². The van der Waals surface area contributed by atoms with Crippen LogP contribution >= 0.6 is 0 Å². The van der Waals surface area contributed by atoms with Gasteiger partial charge in [-0.3, -0.25) is 19.7 Å². The summed E-state index contributed by atoms with van der Waals surface area (Å²) in [5, 5.41) is 5.89. The summed E-state index contributed by atoms with van der Waals surface area (Å²) in [5.74, 6) is -0.136. The van der Waals surface area contributed by atoms with Crippen molar-refractivity contribution in [3.63, 3.8) is 0 Å². The van der Waals surface area contributed by atoms with Gasteiger partial charge in [0.25, 0.3) is 17.7 Å². The molecule has 1 atom stereocenters. The van der Waals surface area contributed by atoms with Crippen molar-refractivity contribution in [2.24, 2.45) is 0 Å². The Bertz CT molecular complexity index is 1290. The Kier molecular flexibility index (Phi) is 6.28. The number of nitrogens with zero attached hydrogens (tertiary/aromatic N) is 3. The Labute approximate surface area is 204 Å². The second kappa shape index (κ2) is 9.52. The highest BCUT2D eigenvalue weighted by atomic mass is 16.2. The second-order valence-electron chi connectivity index (χ2n) is 9.62. The molecule has 1 aliphatic carbocycles. The van der Waals surface area contributed by atoms with Crippen LogP contribution in [-0.2, 0) is 0 Å². The number of carbonyl (C=O) groups is 3. The van der Waals surface area contributed by atoms with Crippen molar-refractivity contribution in [2.45, 2.75) is 57.5 Å². The lowest BCUT2D eigenvalue weighted by atomic mass is 9.91. The number of rotatable bonds is 2. The van der Waals surface area contributed by atoms with Crippen LogP contribution in [0.3, 0.4) is 0 Å². The van der Waals surface area contributed by atoms with Gasteiger partial charge in [0.15, 0.2) is 0 Å². The molecule has 0 spiro atoms. The van der Waals surface area contributed by atoms with E-state index in [1.165, 1.54) is 0 Å². The van der Waals surface area contributed by atoms with E-state index in [4.69, 9.17) is 4.98 Å². The highest BCUT2D eigenvalue weighted by molar-refractivity contribution is 6.08. The molecule has 35 heavy (non-hydrogen) atoms. The Hall–Kier alpha value is -3.68. The van der Waals surface area contributed by atoms with Crippen molar-refractivity contribution in [3.05, 3.63) is 59.2 Å². The maximum Gasteiger partial charge on any atom is 0.257 e. The highest BCUT2D eigenvalue weighted by Gasteiger charge is 2.29. The Morgan fingerprint density at radius 3 is 2.49 bits per heavy atom. The van der Waals surface area contributed by atoms with Crippen molar-refractivity contribution in [1.29, 1.82) is 0 Å². The molecule has 1 fully saturated rings. The predicted octanol–water partition coefficient (Wildman–Crippen LogP) is 4.39. The summed E-state index contributed by atoms with van der Waals surface area (Å²) in [6, 6.07) is 12.5. The number of carbonyl (C=O) groups excluding carboxylic acids is 3. The lowest BCUT2D eigenvalue weighted by molar-refractivity contribution is 0.0653. The zero-order chi connectivity index (χ0) is 24.5. The van der Waals surface area contributed by atoms with Crippen molar-refractivity contribution in [2.75, 3.05) is 18.9 Å². The SMILES string of the molecule is CC1CCCCNC(=O)c2cccc(c2)C(=O)Nc2nc3cccc(C(=O)N(C)C4CCC4)c3n21. The molecule has 182 valence electrons. The van der Waals surface area contributed by atoms with Gasteiger partial charge in [0.05, 0.1) is 16.6 Å². The standard InChI is InChI=1S/C27H31N5O3/c1-17-8-3-4-15-28-24(33)18-9-5-10-19(16-18)25(34)30-27-29-22-14-7-13-21(23(22)32(17)27)26(35)31(2)20-11-6-12-20/h5,7,9-10,13-14,16-17,20H,3-4,6,8,11-12,15H2,1-2H3,(H,28,33)(H,29,30,34). The fraction of sp³-hybridized carbons (Fsp3) is 0.407. The van der Waals surface area contributed by atoms with Crippen molar-refractivity contribution in [3.8, 4) is 0 Å². The van der Waals surface area contributed by atoms with E-state index in [0.29, 0.717) is 34.7 Å². The maximum absolute atomic E-state index is 13.5. The van der Waals surface area contributed by atoms with E-state index in [1.807, 2.05) is 34.7 Å². The third-order valence-electron chi connectivity index (χ3n) is 7.27. The first-order chi connectivity index (χ1) is 16.9. The number of benzene rings is 2. The first-order valence-electron chi connectivity index (χ1n) is 12.4. The van der Waals surface area contributed by atoms with Gasteiger partial charge in [0, 0.05) is 36.8 Å². The van der Waals surface area contributed by atoms with Gasteiger partial charge in [-0.05, 0) is 75.8 Å². The van der Waals surface area contributed by atoms with E-state index in [9.17, 15) is 14.4 Å². The third kappa shape index (κ3) is 4.40. The molecule has 1 aromatic heterocycles. The first kappa shape index (κ1) is 23.1. The minimum absolute atomic E-state index is 0.0109. The minimum atomic E-state index is -0.347. The maximum atomic E-state index is 13.5. The average Bonchev–Trinajstić information content (AvgIpc) is 3.19. The topological polar surface area (TPSA) is 96.3 Å². The number of hydrogen-bond donors (Lipinski definition) is 2. The number of aromatic nitrogens is 2. The highest BCUT2D eigenvalue weighted by Crippen LogP contribution is 2.32. The summed E-state index contributed by atoms with van der Waals surface area (Å²) in [6.07, 6.45) is 5.75. The molecular formula is C27H31N5O3. The number of hydrogen-bond acceptors (Lipinski definition) is 4. The number of amides is 3. The first-order valence-corrected chi connectivity index (χ1v) is 12.4. The van der Waals surface area contributed by atoms with Crippen LogP contribution in [0.15, 0.2) is 42.5 Å². The van der Waals surface area contributed by atoms with Gasteiger partial charge >= 0.3 is 0 Å². The number of fused-ring (bicyclic) bond motifs is 5. The fourth-order valence-corrected chi connectivity index (χ4v) is 4.94. The van der Waals surface area contributed by atoms with Gasteiger partial charge < -0.3 is 14.8 Å². The van der Waals surface area contributed by atoms with Crippen molar-refractivity contribution >= 4 is 34.7 Å². The number of para-hydroxylation sites is 1. The van der Waals surface area contributed by atoms with Crippen LogP contribution in [0, 0.1) is 0 Å². The van der Waals surface area contributed by atoms with Crippen LogP contribution < -0.4 is 10.6 Å². The molecule has 2 aromatic carbocycles. The molecule has 8 nitrogen and oxygen atoms in total. The van der Waals surface area contributed by atoms with Crippen LogP contribution in [0.5, 0.6) is 0 Å². The second-order valence-corrected chi connectivity index (χ2v) is 9.62. The monoisotopic (exact) mass is 473 g/mol. The van der Waals surface area contributed by atoms with Gasteiger partial charge in [-0.25, -0.2) is 4.98 Å². The zero-order valence-corrected chi connectivity index (χ0v) is 20.2. The molecule has 1 aliphatic heterocycles. The summed E-state index contributed by atoms with van der Waals surface area (Å²) < 4.78 is 2.00. The van der Waals surface area contributed by atoms with E-state index in [1.54, 1.807) is 24.3 Å². The number of nitrogens with one attached hydrogen (secondary N) is 2. The number of anilines is 1. The van der Waals surface area contributed by atoms with Gasteiger partial charge in [0.2, 0.25) is 5.95 Å². The molecule has 5 rings (SSSR count). The molecule has 2 aliphatic rings. The van der Waals surface area contributed by atoms with E-state index >= 15 is 0 Å². The lowest BCUT2D eigenvalue weighted by Gasteiger charge is -2.35. The normalized spacial score (nSPS) is 19.2. The van der Waals surface area contributed by atoms with E-state index in [0.717, 1.165) is 44.0 Å². The summed E-state index contributed by atoms with van der Waals surface area (Å²) in [6.45, 7) is 2.65. The Balaban J connectivity index is 1.60. The Morgan fingerprint density at radius 1 is 1.00 bits per heavy atom. The molecule has 0 radical (unpaired) electrons. The predicted molar refractivity (Wildman–Crippen MR) is 135 cm³/mol. The molecule has 0 saturated heterocycles. The Morgan fingerprint density at radius 2 is 1.74 bits per heavy atom. The molecule has 2 heterocycles. The van der Waals surface area contributed by atoms with Crippen LogP contribution in [-0.4, -0.2) is 51.8 Å². The molecular weight excluding hydrogens is 442 g/mol. The minimum Gasteiger partial charge on any atom is -0.352 e. The molecule has 2 bridgehead atoms. The van der Waals surface area contributed by atoms with Gasteiger partial charge in [-0.15, -0.1) is 0 Å². The third-order valence-corrected chi connectivity index (χ3v) is 7.27. The smallest absolute Gasteiger partial charge is 0.257 e. The van der Waals surface area contributed by atoms with Crippen LogP contribution in [0.2, 0.25) is 0 Å². The zero-order valence-electron chi connectivity index (χ0n) is 20.2. The van der Waals surface area contributed by atoms with Crippen LogP contribution in [0.1, 0.15) is 82.6 Å². The molecule has 1 unspecified atom stereocenters. The summed E-state index contributed by atoms with van der Waals surface area (Å²) in [5.41, 5.74) is 2.85. The van der Waals surface area contributed by atoms with Gasteiger partial charge in [-0.1, -0.05) is 12.1 Å². The molecule has 2 N–H and O–H groups in total. The van der Waals surface area contributed by atoms with E-state index in [2.05, 4.69) is 17.6 Å². The molecule has 3 amide bonds. The lowest BCUT2D eigenvalue weighted by Crippen LogP contribution is -2.41. The van der Waals surface area contributed by atoms with E-state index < -0.39 is 0 Å². The number of imidazole rings is 1. The van der Waals surface area contributed by atoms with Crippen LogP contribution in [0.25, 0.3) is 11.0 Å². The molecule has 1 saturated carbocycles. The summed E-state index contributed by atoms with van der Waals surface area (Å²) >= 11 is 0. The average molecular weight is 474 g/mol. The summed E-state index contributed by atoms with van der Waals surface area (Å²) in [4.78, 5) is 45.8. The molecule has 3 aromatic rings. The van der Waals surface area contributed by atoms with E-state index in [-0.39, 0.29) is 29.8 Å². The quantitative estimate of drug-likeness (QED) is 0.577. The largest absolute Gasteiger partial charge is 0.352 e. The fourth-order valence-electron chi connectivity index (χ4n) is 4.94.